The summed E-state index contributed by atoms with van der Waals surface area (Å²) in [6.07, 6.45) is 0. The zero-order valence-electron chi connectivity index (χ0n) is 14.4. The molecule has 0 saturated heterocycles. The van der Waals surface area contributed by atoms with Gasteiger partial charge in [0.1, 0.15) is 11.6 Å². The number of phenolic OH excluding ortho intramolecular Hbond substituents is 1. The number of hydrogen-bond acceptors (Lipinski definition) is 4. The Bertz CT molecular complexity index is 1060. The summed E-state index contributed by atoms with van der Waals surface area (Å²) < 4.78 is 14.1. The summed E-state index contributed by atoms with van der Waals surface area (Å²) >= 11 is 0. The maximum atomic E-state index is 14.1. The van der Waals surface area contributed by atoms with Crippen molar-refractivity contribution in [3.05, 3.63) is 77.1 Å². The molecular weight excluding hydrogens is 345 g/mol. The lowest BCUT2D eigenvalue weighted by molar-refractivity contribution is 0.318. The first-order valence-electron chi connectivity index (χ1n) is 8.06. The number of benzene rings is 3. The highest BCUT2D eigenvalue weighted by molar-refractivity contribution is 6.07. The van der Waals surface area contributed by atoms with E-state index in [4.69, 9.17) is 5.73 Å². The van der Waals surface area contributed by atoms with E-state index in [1.165, 1.54) is 30.3 Å². The van der Waals surface area contributed by atoms with Crippen molar-refractivity contribution in [2.75, 3.05) is 0 Å². The van der Waals surface area contributed by atoms with Gasteiger partial charge in [-0.15, -0.1) is 0 Å². The van der Waals surface area contributed by atoms with Crippen molar-refractivity contribution in [2.24, 2.45) is 10.9 Å². The number of oxime groups is 1. The highest BCUT2D eigenvalue weighted by atomic mass is 19.1. The number of phenols is 1. The molecule has 134 valence electrons. The standard InChI is InChI=1S/C21H16FN3O2/c1-12-6-15(10-16(22)7-12)20-18(14-2-4-17(26)5-3-14)8-13(11-23)9-19(20)21(24)25-27/h2-10,26-27H,1H3,(H2,24,25). The van der Waals surface area contributed by atoms with E-state index in [9.17, 15) is 20.0 Å². The molecule has 0 spiro atoms. The second kappa shape index (κ2) is 7.18. The molecule has 6 heteroatoms. The zero-order chi connectivity index (χ0) is 19.6. The lowest BCUT2D eigenvalue weighted by atomic mass is 9.87. The molecule has 0 fully saturated rings. The molecule has 0 aliphatic rings. The van der Waals surface area contributed by atoms with Crippen molar-refractivity contribution in [2.45, 2.75) is 6.92 Å². The van der Waals surface area contributed by atoms with E-state index in [0.717, 1.165) is 0 Å². The van der Waals surface area contributed by atoms with Crippen LogP contribution in [0, 0.1) is 24.1 Å². The van der Waals surface area contributed by atoms with Crippen LogP contribution in [0.5, 0.6) is 5.75 Å². The lowest BCUT2D eigenvalue weighted by Crippen LogP contribution is -2.15. The number of nitriles is 1. The summed E-state index contributed by atoms with van der Waals surface area (Å²) in [6.45, 7) is 1.76. The van der Waals surface area contributed by atoms with Crippen LogP contribution >= 0.6 is 0 Å². The van der Waals surface area contributed by atoms with Crippen LogP contribution in [0.15, 0.2) is 59.8 Å². The first-order valence-corrected chi connectivity index (χ1v) is 8.06. The van der Waals surface area contributed by atoms with Crippen LogP contribution in [0.2, 0.25) is 0 Å². The van der Waals surface area contributed by atoms with Gasteiger partial charge in [0.25, 0.3) is 0 Å². The van der Waals surface area contributed by atoms with E-state index in [1.54, 1.807) is 31.2 Å². The molecule has 3 aromatic carbocycles. The molecule has 0 amide bonds. The Kier molecular flexibility index (Phi) is 4.77. The molecule has 0 aromatic heterocycles. The van der Waals surface area contributed by atoms with Gasteiger partial charge < -0.3 is 16.0 Å². The third kappa shape index (κ3) is 3.58. The van der Waals surface area contributed by atoms with E-state index in [1.807, 2.05) is 0 Å². The van der Waals surface area contributed by atoms with Gasteiger partial charge >= 0.3 is 0 Å². The van der Waals surface area contributed by atoms with E-state index < -0.39 is 5.82 Å². The van der Waals surface area contributed by atoms with E-state index in [-0.39, 0.29) is 11.6 Å². The molecule has 4 N–H and O–H groups in total. The van der Waals surface area contributed by atoms with E-state index in [2.05, 4.69) is 11.2 Å². The molecule has 5 nitrogen and oxygen atoms in total. The van der Waals surface area contributed by atoms with Gasteiger partial charge in [-0.3, -0.25) is 0 Å². The Labute approximate surface area is 155 Å². The van der Waals surface area contributed by atoms with Crippen LogP contribution in [-0.2, 0) is 0 Å². The van der Waals surface area contributed by atoms with Gasteiger partial charge in [-0.25, -0.2) is 4.39 Å². The first kappa shape index (κ1) is 18.0. The largest absolute Gasteiger partial charge is 0.508 e. The van der Waals surface area contributed by atoms with Crippen LogP contribution in [0.25, 0.3) is 22.3 Å². The molecular formula is C21H16FN3O2. The van der Waals surface area contributed by atoms with Crippen LogP contribution in [0.4, 0.5) is 4.39 Å². The number of nitrogens with zero attached hydrogens (tertiary/aromatic N) is 2. The molecule has 0 radical (unpaired) electrons. The topological polar surface area (TPSA) is 103 Å². The Balaban J connectivity index is 2.43. The number of aryl methyl sites for hydroxylation is 1. The fourth-order valence-electron chi connectivity index (χ4n) is 3.02. The van der Waals surface area contributed by atoms with Crippen molar-refractivity contribution >= 4 is 5.84 Å². The van der Waals surface area contributed by atoms with Crippen molar-refractivity contribution in [3.63, 3.8) is 0 Å². The monoisotopic (exact) mass is 361 g/mol. The SMILES string of the molecule is Cc1cc(F)cc(-c2c(/C(N)=N/O)cc(C#N)cc2-c2ccc(O)cc2)c1. The van der Waals surface area contributed by atoms with Crippen LogP contribution in [0.1, 0.15) is 16.7 Å². The van der Waals surface area contributed by atoms with Crippen LogP contribution < -0.4 is 5.73 Å². The van der Waals surface area contributed by atoms with Gasteiger partial charge in [-0.2, -0.15) is 5.26 Å². The Hall–Kier alpha value is -3.85. The number of nitrogens with two attached hydrogens (primary N) is 1. The molecule has 0 saturated carbocycles. The maximum absolute atomic E-state index is 14.1. The quantitative estimate of drug-likeness (QED) is 0.282. The average Bonchev–Trinajstić information content (AvgIpc) is 2.66. The number of hydrogen-bond donors (Lipinski definition) is 3. The minimum absolute atomic E-state index is 0.0926. The summed E-state index contributed by atoms with van der Waals surface area (Å²) in [5.74, 6) is -0.518. The normalized spacial score (nSPS) is 11.2. The minimum Gasteiger partial charge on any atom is -0.508 e. The molecule has 0 bridgehead atoms. The Morgan fingerprint density at radius 3 is 2.37 bits per heavy atom. The third-order valence-electron chi connectivity index (χ3n) is 4.16. The van der Waals surface area contributed by atoms with Gasteiger partial charge in [0.15, 0.2) is 5.84 Å². The molecule has 3 rings (SSSR count). The second-order valence-electron chi connectivity index (χ2n) is 6.11. The summed E-state index contributed by atoms with van der Waals surface area (Å²) in [6, 6.07) is 16.1. The first-order chi connectivity index (χ1) is 12.9. The number of halogens is 1. The molecule has 27 heavy (non-hydrogen) atoms. The Morgan fingerprint density at radius 2 is 1.78 bits per heavy atom. The predicted molar refractivity (Wildman–Crippen MR) is 101 cm³/mol. The van der Waals surface area contributed by atoms with Crippen molar-refractivity contribution in [1.29, 1.82) is 5.26 Å². The van der Waals surface area contributed by atoms with Gasteiger partial charge in [-0.1, -0.05) is 23.4 Å². The smallest absolute Gasteiger partial charge is 0.170 e. The fraction of sp³-hybridized carbons (Fsp3) is 0.0476. The van der Waals surface area contributed by atoms with Gasteiger partial charge in [-0.05, 0) is 65.6 Å². The van der Waals surface area contributed by atoms with Gasteiger partial charge in [0.05, 0.1) is 11.6 Å². The van der Waals surface area contributed by atoms with Gasteiger partial charge in [0, 0.05) is 11.1 Å². The summed E-state index contributed by atoms with van der Waals surface area (Å²) in [5.41, 5.74) is 9.52. The third-order valence-corrected chi connectivity index (χ3v) is 4.16. The fourth-order valence-corrected chi connectivity index (χ4v) is 3.02. The second-order valence-corrected chi connectivity index (χ2v) is 6.11. The van der Waals surface area contributed by atoms with E-state index >= 15 is 0 Å². The highest BCUT2D eigenvalue weighted by Crippen LogP contribution is 2.37. The number of aromatic hydroxyl groups is 1. The zero-order valence-corrected chi connectivity index (χ0v) is 14.4. The number of rotatable bonds is 3. The molecule has 0 unspecified atom stereocenters. The lowest BCUT2D eigenvalue weighted by Gasteiger charge is -2.16. The van der Waals surface area contributed by atoms with Crippen LogP contribution in [-0.4, -0.2) is 16.1 Å². The highest BCUT2D eigenvalue weighted by Gasteiger charge is 2.18. The summed E-state index contributed by atoms with van der Waals surface area (Å²) in [4.78, 5) is 0. The molecule has 0 aliphatic carbocycles. The molecule has 0 aliphatic heterocycles. The van der Waals surface area contributed by atoms with E-state index in [0.29, 0.717) is 38.9 Å². The average molecular weight is 361 g/mol. The van der Waals surface area contributed by atoms with Crippen molar-refractivity contribution in [1.82, 2.24) is 0 Å². The summed E-state index contributed by atoms with van der Waals surface area (Å²) in [7, 11) is 0. The van der Waals surface area contributed by atoms with Crippen molar-refractivity contribution < 1.29 is 14.7 Å². The maximum Gasteiger partial charge on any atom is 0.170 e. The minimum atomic E-state index is -0.420. The molecule has 0 heterocycles. The molecule has 0 atom stereocenters. The summed E-state index contributed by atoms with van der Waals surface area (Å²) in [5, 5.41) is 31.2. The molecule has 3 aromatic rings. The predicted octanol–water partition coefficient (Wildman–Crippen LogP) is 4.14. The van der Waals surface area contributed by atoms with Gasteiger partial charge in [0.2, 0.25) is 0 Å². The Morgan fingerprint density at radius 1 is 1.07 bits per heavy atom. The van der Waals surface area contributed by atoms with Crippen molar-refractivity contribution in [3.8, 4) is 34.1 Å². The van der Waals surface area contributed by atoms with Crippen LogP contribution in [0.3, 0.4) is 0 Å². The number of amidine groups is 1.